The summed E-state index contributed by atoms with van der Waals surface area (Å²) in [6, 6.07) is 15.5. The molecule has 2 heterocycles. The molecule has 0 aromatic heterocycles. The van der Waals surface area contributed by atoms with E-state index in [2.05, 4.69) is 22.0 Å². The fourth-order valence-electron chi connectivity index (χ4n) is 4.08. The number of nitriles is 1. The Morgan fingerprint density at radius 3 is 2.54 bits per heavy atom. The first-order valence-electron chi connectivity index (χ1n) is 10.8. The monoisotopic (exact) mass is 538 g/mol. The molecule has 2 aliphatic rings. The minimum Gasteiger partial charge on any atom is -0.490 e. The van der Waals surface area contributed by atoms with Gasteiger partial charge in [-0.05, 0) is 64.3 Å². The van der Waals surface area contributed by atoms with E-state index in [4.69, 9.17) is 29.4 Å². The van der Waals surface area contributed by atoms with Crippen LogP contribution in [-0.2, 0) is 6.61 Å². The van der Waals surface area contributed by atoms with Crippen LogP contribution in [0, 0.1) is 17.1 Å². The summed E-state index contributed by atoms with van der Waals surface area (Å²) in [6.07, 6.45) is 0. The number of allylic oxidation sites excluding steroid dienone is 1. The van der Waals surface area contributed by atoms with Crippen LogP contribution in [0.15, 0.2) is 64.5 Å². The van der Waals surface area contributed by atoms with E-state index in [9.17, 15) is 9.65 Å². The highest BCUT2D eigenvalue weighted by molar-refractivity contribution is 9.10. The van der Waals surface area contributed by atoms with E-state index in [-0.39, 0.29) is 30.7 Å². The van der Waals surface area contributed by atoms with Crippen LogP contribution in [0.25, 0.3) is 0 Å². The SMILES string of the molecule is CCOc1cc([C@H]2C(C#N)=C(N)Oc3cc4c(cc32)OCO4)cc(Br)c1OCc1ccc(F)cc1. The fourth-order valence-corrected chi connectivity index (χ4v) is 4.66. The number of halogens is 2. The normalized spacial score (nSPS) is 15.8. The molecule has 0 spiro atoms. The summed E-state index contributed by atoms with van der Waals surface area (Å²) < 4.78 is 42.5. The lowest BCUT2D eigenvalue weighted by molar-refractivity contribution is 0.174. The van der Waals surface area contributed by atoms with Crippen molar-refractivity contribution < 1.29 is 28.1 Å². The summed E-state index contributed by atoms with van der Waals surface area (Å²) in [4.78, 5) is 0. The lowest BCUT2D eigenvalue weighted by Crippen LogP contribution is -2.21. The van der Waals surface area contributed by atoms with Crippen LogP contribution in [0.5, 0.6) is 28.7 Å². The first-order chi connectivity index (χ1) is 17.0. The first-order valence-corrected chi connectivity index (χ1v) is 11.6. The van der Waals surface area contributed by atoms with Crippen molar-refractivity contribution in [1.82, 2.24) is 0 Å². The largest absolute Gasteiger partial charge is 0.490 e. The van der Waals surface area contributed by atoms with E-state index in [1.165, 1.54) is 12.1 Å². The van der Waals surface area contributed by atoms with E-state index in [1.54, 1.807) is 24.3 Å². The molecule has 0 amide bonds. The highest BCUT2D eigenvalue weighted by Gasteiger charge is 2.34. The Balaban J connectivity index is 1.56. The van der Waals surface area contributed by atoms with Crippen LogP contribution >= 0.6 is 15.9 Å². The van der Waals surface area contributed by atoms with Crippen LogP contribution in [0.4, 0.5) is 4.39 Å². The topological polar surface area (TPSA) is 96.0 Å². The Labute approximate surface area is 209 Å². The van der Waals surface area contributed by atoms with Crippen molar-refractivity contribution in [2.24, 2.45) is 5.73 Å². The van der Waals surface area contributed by atoms with Crippen LogP contribution in [0.3, 0.4) is 0 Å². The molecule has 0 fully saturated rings. The van der Waals surface area contributed by atoms with E-state index < -0.39 is 5.92 Å². The van der Waals surface area contributed by atoms with Crippen LogP contribution in [0.2, 0.25) is 0 Å². The predicted octanol–water partition coefficient (Wildman–Crippen LogP) is 5.51. The Hall–Kier alpha value is -3.90. The minimum absolute atomic E-state index is 0.0228. The Bertz CT molecular complexity index is 1370. The lowest BCUT2D eigenvalue weighted by atomic mass is 9.83. The van der Waals surface area contributed by atoms with Gasteiger partial charge in [-0.2, -0.15) is 5.26 Å². The number of nitrogens with zero attached hydrogens (tertiary/aromatic N) is 1. The van der Waals surface area contributed by atoms with Crippen LogP contribution < -0.4 is 29.4 Å². The summed E-state index contributed by atoms with van der Waals surface area (Å²) in [5.41, 5.74) is 8.67. The van der Waals surface area contributed by atoms with Gasteiger partial charge in [0.15, 0.2) is 23.0 Å². The Morgan fingerprint density at radius 2 is 1.83 bits per heavy atom. The van der Waals surface area contributed by atoms with Crippen LogP contribution in [-0.4, -0.2) is 13.4 Å². The molecule has 2 aliphatic heterocycles. The van der Waals surface area contributed by atoms with Crippen molar-refractivity contribution in [1.29, 1.82) is 5.26 Å². The molecule has 3 aromatic carbocycles. The average molecular weight is 539 g/mol. The van der Waals surface area contributed by atoms with Crippen molar-refractivity contribution >= 4 is 15.9 Å². The molecule has 0 aliphatic carbocycles. The maximum atomic E-state index is 13.2. The van der Waals surface area contributed by atoms with Gasteiger partial charge in [-0.15, -0.1) is 0 Å². The maximum Gasteiger partial charge on any atom is 0.231 e. The number of nitrogens with two attached hydrogens (primary N) is 1. The quantitative estimate of drug-likeness (QED) is 0.441. The molecule has 35 heavy (non-hydrogen) atoms. The third-order valence-electron chi connectivity index (χ3n) is 5.67. The van der Waals surface area contributed by atoms with Gasteiger partial charge in [-0.1, -0.05) is 12.1 Å². The Kier molecular flexibility index (Phi) is 6.14. The molecule has 0 unspecified atom stereocenters. The molecule has 7 nitrogen and oxygen atoms in total. The zero-order chi connectivity index (χ0) is 24.5. The third-order valence-corrected chi connectivity index (χ3v) is 6.26. The highest BCUT2D eigenvalue weighted by Crippen LogP contribution is 2.50. The molecule has 0 radical (unpaired) electrons. The number of rotatable bonds is 6. The number of fused-ring (bicyclic) bond motifs is 2. The smallest absolute Gasteiger partial charge is 0.231 e. The molecule has 3 aromatic rings. The zero-order valence-electron chi connectivity index (χ0n) is 18.6. The van der Waals surface area contributed by atoms with Crippen molar-refractivity contribution in [3.8, 4) is 34.8 Å². The van der Waals surface area contributed by atoms with Crippen molar-refractivity contribution in [2.75, 3.05) is 13.4 Å². The molecular formula is C26H20BrFN2O5. The summed E-state index contributed by atoms with van der Waals surface area (Å²) in [5.74, 6) is 1.78. The molecule has 2 N–H and O–H groups in total. The van der Waals surface area contributed by atoms with Gasteiger partial charge in [0.1, 0.15) is 29.8 Å². The maximum absolute atomic E-state index is 13.2. The minimum atomic E-state index is -0.528. The standard InChI is InChI=1S/C26H20BrFN2O5/c1-2-31-23-8-15(7-19(27)25(23)32-12-14-3-5-16(28)6-4-14)24-17-9-21-22(34-13-33-21)10-20(17)35-26(30)18(24)11-29/h3-10,24H,2,12-13,30H2,1H3/t24-/m1/s1. The van der Waals surface area contributed by atoms with E-state index in [0.29, 0.717) is 45.4 Å². The van der Waals surface area contributed by atoms with Crippen molar-refractivity contribution in [3.05, 3.63) is 87.0 Å². The molecule has 1 atom stereocenters. The molecule has 178 valence electrons. The van der Waals surface area contributed by atoms with E-state index in [0.717, 1.165) is 11.1 Å². The average Bonchev–Trinajstić information content (AvgIpc) is 3.30. The van der Waals surface area contributed by atoms with Gasteiger partial charge in [-0.3, -0.25) is 0 Å². The first kappa shape index (κ1) is 22.9. The van der Waals surface area contributed by atoms with Crippen molar-refractivity contribution in [3.63, 3.8) is 0 Å². The highest BCUT2D eigenvalue weighted by atomic mass is 79.9. The number of benzene rings is 3. The summed E-state index contributed by atoms with van der Waals surface area (Å²) in [7, 11) is 0. The molecule has 0 bridgehead atoms. The molecule has 9 heteroatoms. The van der Waals surface area contributed by atoms with Crippen LogP contribution in [0.1, 0.15) is 29.5 Å². The van der Waals surface area contributed by atoms with E-state index >= 15 is 0 Å². The van der Waals surface area contributed by atoms with Gasteiger partial charge in [0.2, 0.25) is 12.7 Å². The van der Waals surface area contributed by atoms with Gasteiger partial charge in [0.05, 0.1) is 17.0 Å². The van der Waals surface area contributed by atoms with Gasteiger partial charge in [0, 0.05) is 11.6 Å². The number of hydrogen-bond acceptors (Lipinski definition) is 7. The zero-order valence-corrected chi connectivity index (χ0v) is 20.2. The summed E-state index contributed by atoms with van der Waals surface area (Å²) in [5, 5.41) is 9.92. The van der Waals surface area contributed by atoms with Gasteiger partial charge < -0.3 is 29.4 Å². The van der Waals surface area contributed by atoms with Crippen molar-refractivity contribution in [2.45, 2.75) is 19.4 Å². The summed E-state index contributed by atoms with van der Waals surface area (Å²) in [6.45, 7) is 2.59. The van der Waals surface area contributed by atoms with Gasteiger partial charge in [-0.25, -0.2) is 4.39 Å². The van der Waals surface area contributed by atoms with Gasteiger partial charge in [0.25, 0.3) is 0 Å². The number of hydrogen-bond donors (Lipinski definition) is 1. The predicted molar refractivity (Wildman–Crippen MR) is 128 cm³/mol. The molecular weight excluding hydrogens is 519 g/mol. The lowest BCUT2D eigenvalue weighted by Gasteiger charge is -2.27. The second kappa shape index (κ2) is 9.39. The molecule has 0 saturated heterocycles. The fraction of sp³-hybridized carbons (Fsp3) is 0.192. The summed E-state index contributed by atoms with van der Waals surface area (Å²) >= 11 is 3.60. The molecule has 0 saturated carbocycles. The molecule has 5 rings (SSSR count). The van der Waals surface area contributed by atoms with Gasteiger partial charge >= 0.3 is 0 Å². The number of ether oxygens (including phenoxy) is 5. The van der Waals surface area contributed by atoms with E-state index in [1.807, 2.05) is 19.1 Å². The second-order valence-electron chi connectivity index (χ2n) is 7.85. The Morgan fingerprint density at radius 1 is 1.09 bits per heavy atom. The second-order valence-corrected chi connectivity index (χ2v) is 8.70. The third kappa shape index (κ3) is 4.33.